The van der Waals surface area contributed by atoms with Crippen molar-refractivity contribution in [2.45, 2.75) is 39.5 Å². The number of rotatable bonds is 9. The van der Waals surface area contributed by atoms with Crippen LogP contribution in [0, 0.1) is 0 Å². The third kappa shape index (κ3) is 7.64. The fourth-order valence-electron chi connectivity index (χ4n) is 4.50. The number of carbonyl (C=O) groups excluding carboxylic acids is 2. The van der Waals surface area contributed by atoms with Crippen molar-refractivity contribution in [3.05, 3.63) is 90.3 Å². The van der Waals surface area contributed by atoms with Crippen LogP contribution in [-0.4, -0.2) is 63.0 Å². The molecule has 1 aliphatic heterocycles. The molecule has 2 aromatic carbocycles. The molecule has 0 unspecified atom stereocenters. The lowest BCUT2D eigenvalue weighted by Crippen LogP contribution is -2.18. The summed E-state index contributed by atoms with van der Waals surface area (Å²) in [6, 6.07) is 14.9. The molecule has 2 N–H and O–H groups in total. The third-order valence-electron chi connectivity index (χ3n) is 6.39. The van der Waals surface area contributed by atoms with E-state index in [9.17, 15) is 14.4 Å². The summed E-state index contributed by atoms with van der Waals surface area (Å²) in [5.74, 6) is -0.323. The number of aromatic nitrogens is 4. The van der Waals surface area contributed by atoms with Gasteiger partial charge in [0, 0.05) is 21.1 Å². The molecule has 0 saturated heterocycles. The number of aliphatic hydroxyl groups excluding tert-OH is 1. The number of H-pyrrole nitrogens is 1. The molecular formula is C30H32Br2N4O7. The number of esters is 2. The highest BCUT2D eigenvalue weighted by Gasteiger charge is 2.28. The van der Waals surface area contributed by atoms with E-state index in [1.54, 1.807) is 36.7 Å². The van der Waals surface area contributed by atoms with Crippen LogP contribution in [0.1, 0.15) is 58.8 Å². The van der Waals surface area contributed by atoms with Crippen molar-refractivity contribution < 1.29 is 28.9 Å². The van der Waals surface area contributed by atoms with Crippen LogP contribution in [-0.2, 0) is 22.3 Å². The lowest BCUT2D eigenvalue weighted by Gasteiger charge is -2.15. The monoisotopic (exact) mass is 718 g/mol. The quantitative estimate of drug-likeness (QED) is 0.226. The van der Waals surface area contributed by atoms with E-state index in [4.69, 9.17) is 19.3 Å². The second kappa shape index (κ2) is 15.2. The number of carbonyl (C=O) groups is 2. The highest BCUT2D eigenvalue weighted by Crippen LogP contribution is 2.31. The fraction of sp³-hybridized carbons (Fsp3) is 0.333. The van der Waals surface area contributed by atoms with Gasteiger partial charge in [-0.25, -0.2) is 14.3 Å². The number of nitrogens with zero attached hydrogens (tertiary/aromatic N) is 3. The molecule has 5 rings (SSSR count). The number of benzene rings is 2. The van der Waals surface area contributed by atoms with Crippen LogP contribution in [0.3, 0.4) is 0 Å². The molecule has 1 aliphatic rings. The highest BCUT2D eigenvalue weighted by atomic mass is 79.9. The molecule has 0 aliphatic carbocycles. The molecule has 2 aromatic heterocycles. The molecule has 0 bridgehead atoms. The minimum absolute atomic E-state index is 0.0518. The molecule has 228 valence electrons. The standard InChI is InChI=1S/C15H17BrN2O4.C15H15BrN2O3/c1-2-22-15(21)13-12(7-4-8-19)14(20)18(17-13)11-6-3-5-10(16)9-11;1-2-20-15(19)13-12-7-4-8-21-14(12)18(17-13)11-6-3-5-10(16)9-11/h3,5-6,9,17,19H,2,4,7-8H2,1H3;3,5-6,9H,2,4,7-8H2,1H3. The molecule has 0 amide bonds. The average Bonchev–Trinajstić information content (AvgIpc) is 3.55. The first kappa shape index (κ1) is 32.2. The van der Waals surface area contributed by atoms with Gasteiger partial charge in [0.25, 0.3) is 5.56 Å². The minimum Gasteiger partial charge on any atom is -0.477 e. The first-order valence-corrected chi connectivity index (χ1v) is 15.4. The van der Waals surface area contributed by atoms with Crippen LogP contribution in [0.2, 0.25) is 0 Å². The van der Waals surface area contributed by atoms with Crippen LogP contribution in [0.25, 0.3) is 11.4 Å². The number of halogens is 2. The lowest BCUT2D eigenvalue weighted by atomic mass is 10.1. The van der Waals surface area contributed by atoms with E-state index >= 15 is 0 Å². The first-order valence-electron chi connectivity index (χ1n) is 13.8. The van der Waals surface area contributed by atoms with Gasteiger partial charge in [0.15, 0.2) is 5.69 Å². The molecule has 43 heavy (non-hydrogen) atoms. The lowest BCUT2D eigenvalue weighted by molar-refractivity contribution is 0.0508. The molecule has 4 aromatic rings. The van der Waals surface area contributed by atoms with Crippen molar-refractivity contribution in [1.82, 2.24) is 19.6 Å². The molecule has 0 atom stereocenters. The van der Waals surface area contributed by atoms with Crippen LogP contribution in [0.4, 0.5) is 0 Å². The number of ether oxygens (including phenoxy) is 3. The maximum absolute atomic E-state index is 12.5. The molecule has 0 fully saturated rings. The Morgan fingerprint density at radius 1 is 1.02 bits per heavy atom. The van der Waals surface area contributed by atoms with Crippen molar-refractivity contribution in [3.8, 4) is 17.3 Å². The zero-order valence-corrected chi connectivity index (χ0v) is 26.9. The molecule has 11 nitrogen and oxygen atoms in total. The number of hydrogen-bond acceptors (Lipinski definition) is 8. The molecule has 0 radical (unpaired) electrons. The summed E-state index contributed by atoms with van der Waals surface area (Å²) in [5, 5.41) is 16.2. The second-order valence-corrected chi connectivity index (χ2v) is 11.2. The van der Waals surface area contributed by atoms with E-state index in [1.807, 2.05) is 30.3 Å². The van der Waals surface area contributed by atoms with Crippen molar-refractivity contribution in [3.63, 3.8) is 0 Å². The number of aromatic amines is 1. The van der Waals surface area contributed by atoms with Gasteiger partial charge in [0.2, 0.25) is 5.88 Å². The Balaban J connectivity index is 0.000000197. The number of nitrogens with one attached hydrogen (secondary N) is 1. The Morgan fingerprint density at radius 2 is 1.67 bits per heavy atom. The third-order valence-corrected chi connectivity index (χ3v) is 7.37. The predicted octanol–water partition coefficient (Wildman–Crippen LogP) is 5.17. The smallest absolute Gasteiger partial charge is 0.359 e. The van der Waals surface area contributed by atoms with Crippen molar-refractivity contribution in [2.24, 2.45) is 0 Å². The normalized spacial score (nSPS) is 12.0. The number of fused-ring (bicyclic) bond motifs is 1. The molecule has 3 heterocycles. The predicted molar refractivity (Wildman–Crippen MR) is 166 cm³/mol. The van der Waals surface area contributed by atoms with Gasteiger partial charge < -0.3 is 19.3 Å². The molecular weight excluding hydrogens is 688 g/mol. The van der Waals surface area contributed by atoms with Crippen LogP contribution >= 0.6 is 31.9 Å². The van der Waals surface area contributed by atoms with Gasteiger partial charge >= 0.3 is 11.9 Å². The maximum Gasteiger partial charge on any atom is 0.359 e. The summed E-state index contributed by atoms with van der Waals surface area (Å²) in [4.78, 5) is 36.6. The van der Waals surface area contributed by atoms with Gasteiger partial charge in [-0.2, -0.15) is 9.78 Å². The SMILES string of the molecule is CCOC(=O)c1[nH]n(-c2cccc(Br)c2)c(=O)c1CCCO.CCOC(=O)c1nn(-c2cccc(Br)c2)c2c1CCCO2. The Morgan fingerprint density at radius 3 is 2.33 bits per heavy atom. The van der Waals surface area contributed by atoms with Crippen molar-refractivity contribution >= 4 is 43.8 Å². The summed E-state index contributed by atoms with van der Waals surface area (Å²) >= 11 is 6.79. The van der Waals surface area contributed by atoms with Crippen LogP contribution in [0.5, 0.6) is 5.88 Å². The Hall–Kier alpha value is -3.68. The molecule has 13 heteroatoms. The minimum atomic E-state index is -0.568. The molecule has 0 spiro atoms. The summed E-state index contributed by atoms with van der Waals surface area (Å²) in [6.07, 6.45) is 2.36. The van der Waals surface area contributed by atoms with Gasteiger partial charge in [-0.15, -0.1) is 0 Å². The van der Waals surface area contributed by atoms with E-state index in [0.29, 0.717) is 48.9 Å². The number of hydrogen-bond donors (Lipinski definition) is 2. The first-order chi connectivity index (χ1) is 20.8. The van der Waals surface area contributed by atoms with Crippen LogP contribution in [0.15, 0.2) is 62.3 Å². The Labute approximate surface area is 265 Å². The maximum atomic E-state index is 12.5. The topological polar surface area (TPSA) is 138 Å². The summed E-state index contributed by atoms with van der Waals surface area (Å²) in [6.45, 7) is 4.63. The van der Waals surface area contributed by atoms with E-state index < -0.39 is 11.9 Å². The molecule has 0 saturated carbocycles. The highest BCUT2D eigenvalue weighted by molar-refractivity contribution is 9.10. The van der Waals surface area contributed by atoms with Gasteiger partial charge in [-0.3, -0.25) is 9.89 Å². The zero-order chi connectivity index (χ0) is 30.9. The Kier molecular flexibility index (Phi) is 11.4. The van der Waals surface area contributed by atoms with Crippen LogP contribution < -0.4 is 10.3 Å². The van der Waals surface area contributed by atoms with E-state index in [2.05, 4.69) is 42.1 Å². The Bertz CT molecular complexity index is 1640. The van der Waals surface area contributed by atoms with Gasteiger partial charge in [-0.05, 0) is 75.9 Å². The van der Waals surface area contributed by atoms with E-state index in [-0.39, 0.29) is 24.5 Å². The van der Waals surface area contributed by atoms with Gasteiger partial charge in [-0.1, -0.05) is 44.0 Å². The van der Waals surface area contributed by atoms with E-state index in [0.717, 1.165) is 33.0 Å². The van der Waals surface area contributed by atoms with E-state index in [1.165, 1.54) is 4.68 Å². The fourth-order valence-corrected chi connectivity index (χ4v) is 5.28. The van der Waals surface area contributed by atoms with Gasteiger partial charge in [0.05, 0.1) is 36.8 Å². The number of aliphatic hydroxyl groups is 1. The largest absolute Gasteiger partial charge is 0.477 e. The zero-order valence-electron chi connectivity index (χ0n) is 23.8. The average molecular weight is 720 g/mol. The van der Waals surface area contributed by atoms with Crippen molar-refractivity contribution in [1.29, 1.82) is 0 Å². The summed E-state index contributed by atoms with van der Waals surface area (Å²) in [5.41, 5.74) is 2.80. The summed E-state index contributed by atoms with van der Waals surface area (Å²) in [7, 11) is 0. The van der Waals surface area contributed by atoms with Crippen molar-refractivity contribution in [2.75, 3.05) is 26.4 Å². The van der Waals surface area contributed by atoms with Gasteiger partial charge in [0.1, 0.15) is 5.69 Å². The summed E-state index contributed by atoms with van der Waals surface area (Å²) < 4.78 is 20.5. The second-order valence-electron chi connectivity index (χ2n) is 9.33.